The second-order valence-corrected chi connectivity index (χ2v) is 7.47. The number of hydrogen-bond acceptors (Lipinski definition) is 7. The van der Waals surface area contributed by atoms with Crippen molar-refractivity contribution in [1.29, 1.82) is 0 Å². The lowest BCUT2D eigenvalue weighted by Crippen LogP contribution is -2.17. The van der Waals surface area contributed by atoms with Crippen LogP contribution in [-0.2, 0) is 11.3 Å². The minimum Gasteiger partial charge on any atom is -0.489 e. The van der Waals surface area contributed by atoms with Crippen LogP contribution in [0.3, 0.4) is 0 Å². The summed E-state index contributed by atoms with van der Waals surface area (Å²) < 4.78 is 28.6. The molecule has 7 nitrogen and oxygen atoms in total. The summed E-state index contributed by atoms with van der Waals surface area (Å²) in [4.78, 5) is 25.8. The molecule has 3 rings (SSSR count). The van der Waals surface area contributed by atoms with Gasteiger partial charge in [0.1, 0.15) is 28.9 Å². The van der Waals surface area contributed by atoms with Crippen LogP contribution in [0.1, 0.15) is 42.6 Å². The number of amides is 1. The molecular formula is C20H19FN2O5S. The first kappa shape index (κ1) is 20.5. The molecule has 0 saturated heterocycles. The number of aromatic nitrogens is 1. The third kappa shape index (κ3) is 4.29. The highest BCUT2D eigenvalue weighted by atomic mass is 32.1. The van der Waals surface area contributed by atoms with E-state index >= 15 is 0 Å². The molecule has 0 unspecified atom stereocenters. The predicted octanol–water partition coefficient (Wildman–Crippen LogP) is 4.42. The van der Waals surface area contributed by atoms with Crippen LogP contribution in [0.5, 0.6) is 5.75 Å². The number of hydrogen-bond donors (Lipinski definition) is 1. The van der Waals surface area contributed by atoms with Crippen LogP contribution in [0.15, 0.2) is 28.8 Å². The first-order valence-corrected chi connectivity index (χ1v) is 9.46. The maximum atomic E-state index is 13.0. The summed E-state index contributed by atoms with van der Waals surface area (Å²) >= 11 is 1.27. The van der Waals surface area contributed by atoms with Gasteiger partial charge in [0.25, 0.3) is 5.91 Å². The number of carbonyl (C=O) groups excluding carboxylic acids is 2. The second-order valence-electron chi connectivity index (χ2n) is 6.24. The van der Waals surface area contributed by atoms with E-state index in [1.165, 1.54) is 42.7 Å². The minimum absolute atomic E-state index is 0.00999. The van der Waals surface area contributed by atoms with Gasteiger partial charge < -0.3 is 19.3 Å². The summed E-state index contributed by atoms with van der Waals surface area (Å²) in [6.07, 6.45) is 0. The highest BCUT2D eigenvalue weighted by Crippen LogP contribution is 2.33. The van der Waals surface area contributed by atoms with Gasteiger partial charge in [-0.15, -0.1) is 11.3 Å². The smallest absolute Gasteiger partial charge is 0.341 e. The first-order valence-electron chi connectivity index (χ1n) is 8.65. The van der Waals surface area contributed by atoms with Crippen LogP contribution in [0.2, 0.25) is 0 Å². The van der Waals surface area contributed by atoms with Gasteiger partial charge in [0.05, 0.1) is 18.2 Å². The number of nitrogens with zero attached hydrogens (tertiary/aromatic N) is 1. The normalized spacial score (nSPS) is 10.7. The number of carbonyl (C=O) groups is 2. The fraction of sp³-hybridized carbons (Fsp3) is 0.250. The number of aryl methyl sites for hydroxylation is 2. The van der Waals surface area contributed by atoms with Crippen molar-refractivity contribution in [3.63, 3.8) is 0 Å². The van der Waals surface area contributed by atoms with E-state index in [0.717, 1.165) is 10.4 Å². The zero-order chi connectivity index (χ0) is 21.1. The van der Waals surface area contributed by atoms with Gasteiger partial charge in [-0.1, -0.05) is 5.16 Å². The van der Waals surface area contributed by atoms with Gasteiger partial charge in [0.15, 0.2) is 5.69 Å². The molecule has 0 aliphatic rings. The molecule has 0 radical (unpaired) electrons. The number of anilines is 1. The molecule has 9 heteroatoms. The average Bonchev–Trinajstić information content (AvgIpc) is 3.20. The van der Waals surface area contributed by atoms with E-state index in [0.29, 0.717) is 27.6 Å². The van der Waals surface area contributed by atoms with E-state index in [2.05, 4.69) is 10.5 Å². The zero-order valence-corrected chi connectivity index (χ0v) is 17.1. The number of esters is 1. The largest absolute Gasteiger partial charge is 0.489 e. The Morgan fingerprint density at radius 1 is 1.21 bits per heavy atom. The molecular weight excluding hydrogens is 399 g/mol. The summed E-state index contributed by atoms with van der Waals surface area (Å²) in [6, 6.07) is 5.52. The topological polar surface area (TPSA) is 90.7 Å². The third-order valence-electron chi connectivity index (χ3n) is 4.40. The van der Waals surface area contributed by atoms with Crippen LogP contribution in [-0.4, -0.2) is 24.1 Å². The molecule has 0 fully saturated rings. The second kappa shape index (κ2) is 8.44. The summed E-state index contributed by atoms with van der Waals surface area (Å²) in [5, 5.41) is 6.92. The van der Waals surface area contributed by atoms with Crippen LogP contribution >= 0.6 is 11.3 Å². The molecule has 2 aromatic heterocycles. The summed E-state index contributed by atoms with van der Waals surface area (Å²) in [5.41, 5.74) is 1.56. The number of benzene rings is 1. The Balaban J connectivity index is 1.81. The SMILES string of the molecule is COC(=O)c1c(NC(=O)c2noc(C)c2COc2ccc(F)cc2)sc(C)c1C. The quantitative estimate of drug-likeness (QED) is 0.596. The van der Waals surface area contributed by atoms with E-state index in [4.69, 9.17) is 14.0 Å². The highest BCUT2D eigenvalue weighted by Gasteiger charge is 2.25. The van der Waals surface area contributed by atoms with Gasteiger partial charge in [-0.2, -0.15) is 0 Å². The zero-order valence-electron chi connectivity index (χ0n) is 16.3. The molecule has 0 bridgehead atoms. The number of methoxy groups -OCH3 is 1. The Kier molecular flexibility index (Phi) is 5.97. The Bertz CT molecular complexity index is 1060. The van der Waals surface area contributed by atoms with E-state index in [-0.39, 0.29) is 18.1 Å². The number of halogens is 1. The van der Waals surface area contributed by atoms with E-state index < -0.39 is 11.9 Å². The summed E-state index contributed by atoms with van der Waals surface area (Å²) in [7, 11) is 1.28. The Morgan fingerprint density at radius 3 is 2.55 bits per heavy atom. The lowest BCUT2D eigenvalue weighted by atomic mass is 10.1. The molecule has 0 aliphatic carbocycles. The van der Waals surface area contributed by atoms with Gasteiger partial charge in [-0.25, -0.2) is 9.18 Å². The minimum atomic E-state index is -0.536. The Labute approximate surface area is 170 Å². The van der Waals surface area contributed by atoms with E-state index in [9.17, 15) is 14.0 Å². The van der Waals surface area contributed by atoms with Crippen LogP contribution in [0.25, 0.3) is 0 Å². The molecule has 152 valence electrons. The number of thiophene rings is 1. The maximum absolute atomic E-state index is 13.0. The van der Waals surface area contributed by atoms with Crippen LogP contribution < -0.4 is 10.1 Å². The van der Waals surface area contributed by atoms with Crippen molar-refractivity contribution in [2.75, 3.05) is 12.4 Å². The molecule has 1 amide bonds. The molecule has 0 saturated carbocycles. The van der Waals surface area contributed by atoms with Crippen LogP contribution in [0.4, 0.5) is 9.39 Å². The molecule has 0 atom stereocenters. The first-order chi connectivity index (χ1) is 13.8. The van der Waals surface area contributed by atoms with Gasteiger partial charge in [0, 0.05) is 4.88 Å². The fourth-order valence-electron chi connectivity index (χ4n) is 2.65. The van der Waals surface area contributed by atoms with E-state index in [1.54, 1.807) is 13.8 Å². The number of nitrogens with one attached hydrogen (secondary N) is 1. The molecule has 3 aromatic rings. The number of ether oxygens (including phenoxy) is 2. The van der Waals surface area contributed by atoms with Crippen molar-refractivity contribution in [2.24, 2.45) is 0 Å². The summed E-state index contributed by atoms with van der Waals surface area (Å²) in [6.45, 7) is 5.31. The Morgan fingerprint density at radius 2 is 1.90 bits per heavy atom. The van der Waals surface area contributed by atoms with E-state index in [1.807, 2.05) is 6.92 Å². The van der Waals surface area contributed by atoms with Crippen LogP contribution in [0, 0.1) is 26.6 Å². The molecule has 29 heavy (non-hydrogen) atoms. The molecule has 0 aliphatic heterocycles. The Hall–Kier alpha value is -3.20. The molecule has 2 heterocycles. The van der Waals surface area contributed by atoms with Gasteiger partial charge in [-0.05, 0) is 50.6 Å². The number of rotatable bonds is 6. The average molecular weight is 418 g/mol. The standard InChI is InChI=1S/C20H19FN2O5S/c1-10-12(3)29-19(16(10)20(25)26-4)22-18(24)17-15(11(2)28-23-17)9-27-14-7-5-13(21)6-8-14/h5-8H,9H2,1-4H3,(H,22,24). The van der Waals surface area contributed by atoms with Gasteiger partial charge in [-0.3, -0.25) is 4.79 Å². The van der Waals surface area contributed by atoms with Crippen molar-refractivity contribution < 1.29 is 28.0 Å². The third-order valence-corrected chi connectivity index (χ3v) is 5.52. The lowest BCUT2D eigenvalue weighted by Gasteiger charge is -2.08. The maximum Gasteiger partial charge on any atom is 0.341 e. The molecule has 1 N–H and O–H groups in total. The fourth-order valence-corrected chi connectivity index (χ4v) is 3.69. The summed E-state index contributed by atoms with van der Waals surface area (Å²) in [5.74, 6) is -0.578. The highest BCUT2D eigenvalue weighted by molar-refractivity contribution is 7.16. The van der Waals surface area contributed by atoms with Crippen molar-refractivity contribution in [3.05, 3.63) is 63.1 Å². The molecule has 1 aromatic carbocycles. The molecule has 0 spiro atoms. The van der Waals surface area contributed by atoms with Gasteiger partial charge >= 0.3 is 5.97 Å². The van der Waals surface area contributed by atoms with Crippen molar-refractivity contribution in [2.45, 2.75) is 27.4 Å². The monoisotopic (exact) mass is 418 g/mol. The predicted molar refractivity (Wildman–Crippen MR) is 105 cm³/mol. The van der Waals surface area contributed by atoms with Gasteiger partial charge in [0.2, 0.25) is 0 Å². The van der Waals surface area contributed by atoms with Crippen molar-refractivity contribution in [3.8, 4) is 5.75 Å². The van der Waals surface area contributed by atoms with Crippen molar-refractivity contribution >= 4 is 28.2 Å². The lowest BCUT2D eigenvalue weighted by molar-refractivity contribution is 0.0601. The van der Waals surface area contributed by atoms with Crippen molar-refractivity contribution in [1.82, 2.24) is 5.16 Å².